The van der Waals surface area contributed by atoms with Gasteiger partial charge in [-0.25, -0.2) is 4.39 Å². The summed E-state index contributed by atoms with van der Waals surface area (Å²) in [7, 11) is 0. The van der Waals surface area contributed by atoms with E-state index < -0.39 is 11.8 Å². The Labute approximate surface area is 164 Å². The van der Waals surface area contributed by atoms with Gasteiger partial charge in [0, 0.05) is 39.3 Å². The molecule has 3 rings (SSSR count). The fourth-order valence-corrected chi connectivity index (χ4v) is 3.62. The highest BCUT2D eigenvalue weighted by Gasteiger charge is 2.31. The van der Waals surface area contributed by atoms with Gasteiger partial charge in [-0.2, -0.15) is 0 Å². The first-order valence-corrected chi connectivity index (χ1v) is 9.79. The van der Waals surface area contributed by atoms with E-state index in [2.05, 4.69) is 5.32 Å². The molecule has 7 nitrogen and oxygen atoms in total. The molecule has 1 aromatic carbocycles. The van der Waals surface area contributed by atoms with E-state index in [0.29, 0.717) is 39.3 Å². The third kappa shape index (κ3) is 5.07. The van der Waals surface area contributed by atoms with Crippen LogP contribution in [0.3, 0.4) is 0 Å². The molecule has 3 amide bonds. The molecule has 0 bridgehead atoms. The highest BCUT2D eigenvalue weighted by Crippen LogP contribution is 2.13. The molecule has 2 heterocycles. The number of benzene rings is 1. The molecule has 0 aliphatic carbocycles. The Balaban J connectivity index is 1.42. The molecular weight excluding hydrogens is 363 g/mol. The average Bonchev–Trinajstić information content (AvgIpc) is 3.22. The standard InChI is InChI=1S/C20H27FN4O3/c1-15(16-4-6-17(21)7-5-16)22-18(26)14-23-10-12-25(13-11-23)20(28)19(27)24-8-2-3-9-24/h4-7,15H,2-3,8-14H2,1H3,(H,22,26). The Morgan fingerprint density at radius 1 is 0.929 bits per heavy atom. The highest BCUT2D eigenvalue weighted by atomic mass is 19.1. The van der Waals surface area contributed by atoms with Gasteiger partial charge in [0.2, 0.25) is 5.91 Å². The van der Waals surface area contributed by atoms with Crippen molar-refractivity contribution in [2.75, 3.05) is 45.8 Å². The van der Waals surface area contributed by atoms with Crippen molar-refractivity contribution in [3.05, 3.63) is 35.6 Å². The normalized spacial score (nSPS) is 18.8. The topological polar surface area (TPSA) is 73.0 Å². The monoisotopic (exact) mass is 390 g/mol. The van der Waals surface area contributed by atoms with Crippen LogP contribution < -0.4 is 5.32 Å². The summed E-state index contributed by atoms with van der Waals surface area (Å²) >= 11 is 0. The smallest absolute Gasteiger partial charge is 0.312 e. The van der Waals surface area contributed by atoms with Crippen LogP contribution in [-0.4, -0.2) is 78.2 Å². The van der Waals surface area contributed by atoms with Crippen LogP contribution in [0.4, 0.5) is 4.39 Å². The van der Waals surface area contributed by atoms with Crippen LogP contribution in [0.2, 0.25) is 0 Å². The summed E-state index contributed by atoms with van der Waals surface area (Å²) in [6, 6.07) is 5.84. The zero-order chi connectivity index (χ0) is 20.1. The van der Waals surface area contributed by atoms with Crippen LogP contribution in [0, 0.1) is 5.82 Å². The lowest BCUT2D eigenvalue weighted by molar-refractivity contribution is -0.152. The number of piperazine rings is 1. The van der Waals surface area contributed by atoms with Gasteiger partial charge >= 0.3 is 11.8 Å². The lowest BCUT2D eigenvalue weighted by Crippen LogP contribution is -2.54. The van der Waals surface area contributed by atoms with E-state index in [-0.39, 0.29) is 24.3 Å². The number of amides is 3. The molecule has 0 spiro atoms. The van der Waals surface area contributed by atoms with Crippen molar-refractivity contribution in [2.45, 2.75) is 25.8 Å². The molecular formula is C20H27FN4O3. The van der Waals surface area contributed by atoms with Gasteiger partial charge in [-0.3, -0.25) is 19.3 Å². The Morgan fingerprint density at radius 3 is 2.04 bits per heavy atom. The maximum Gasteiger partial charge on any atom is 0.312 e. The summed E-state index contributed by atoms with van der Waals surface area (Å²) in [5.41, 5.74) is 0.839. The molecule has 0 aromatic heterocycles. The van der Waals surface area contributed by atoms with Gasteiger partial charge in [0.05, 0.1) is 12.6 Å². The van der Waals surface area contributed by atoms with Gasteiger partial charge in [-0.05, 0) is 37.5 Å². The lowest BCUT2D eigenvalue weighted by atomic mass is 10.1. The van der Waals surface area contributed by atoms with Crippen molar-refractivity contribution >= 4 is 17.7 Å². The number of halogens is 1. The molecule has 2 aliphatic rings. The van der Waals surface area contributed by atoms with Crippen molar-refractivity contribution in [1.29, 1.82) is 0 Å². The molecule has 0 saturated carbocycles. The number of rotatable bonds is 4. The first kappa shape index (κ1) is 20.3. The minimum Gasteiger partial charge on any atom is -0.348 e. The number of hydrogen-bond acceptors (Lipinski definition) is 4. The molecule has 1 unspecified atom stereocenters. The molecule has 28 heavy (non-hydrogen) atoms. The molecule has 0 radical (unpaired) electrons. The Bertz CT molecular complexity index is 711. The van der Waals surface area contributed by atoms with Gasteiger partial charge in [-0.1, -0.05) is 12.1 Å². The lowest BCUT2D eigenvalue weighted by Gasteiger charge is -2.34. The van der Waals surface area contributed by atoms with Gasteiger partial charge in [0.15, 0.2) is 0 Å². The Hall–Kier alpha value is -2.48. The second-order valence-corrected chi connectivity index (χ2v) is 7.41. The van der Waals surface area contributed by atoms with Gasteiger partial charge in [-0.15, -0.1) is 0 Å². The summed E-state index contributed by atoms with van der Waals surface area (Å²) in [5.74, 6) is -1.27. The van der Waals surface area contributed by atoms with Crippen molar-refractivity contribution in [3.8, 4) is 0 Å². The SMILES string of the molecule is CC(NC(=O)CN1CCN(C(=O)C(=O)N2CCCC2)CC1)c1ccc(F)cc1. The fraction of sp³-hybridized carbons (Fsp3) is 0.550. The van der Waals surface area contributed by atoms with Crippen LogP contribution >= 0.6 is 0 Å². The summed E-state index contributed by atoms with van der Waals surface area (Å²) in [6.07, 6.45) is 1.91. The van der Waals surface area contributed by atoms with Crippen LogP contribution in [0.5, 0.6) is 0 Å². The molecule has 1 N–H and O–H groups in total. The molecule has 2 aliphatic heterocycles. The van der Waals surface area contributed by atoms with Crippen molar-refractivity contribution < 1.29 is 18.8 Å². The van der Waals surface area contributed by atoms with Crippen molar-refractivity contribution in [2.24, 2.45) is 0 Å². The largest absolute Gasteiger partial charge is 0.348 e. The predicted molar refractivity (Wildman–Crippen MR) is 102 cm³/mol. The quantitative estimate of drug-likeness (QED) is 0.771. The van der Waals surface area contributed by atoms with Gasteiger partial charge in [0.1, 0.15) is 5.82 Å². The summed E-state index contributed by atoms with van der Waals surface area (Å²) in [4.78, 5) is 42.0. The van der Waals surface area contributed by atoms with Gasteiger partial charge in [0.25, 0.3) is 0 Å². The highest BCUT2D eigenvalue weighted by molar-refractivity contribution is 6.35. The minimum atomic E-state index is -0.434. The minimum absolute atomic E-state index is 0.121. The van der Waals surface area contributed by atoms with E-state index in [1.807, 2.05) is 11.8 Å². The molecule has 2 fully saturated rings. The van der Waals surface area contributed by atoms with Crippen LogP contribution in [0.15, 0.2) is 24.3 Å². The van der Waals surface area contributed by atoms with Crippen LogP contribution in [0.1, 0.15) is 31.4 Å². The zero-order valence-corrected chi connectivity index (χ0v) is 16.2. The van der Waals surface area contributed by atoms with E-state index in [1.54, 1.807) is 21.9 Å². The second-order valence-electron chi connectivity index (χ2n) is 7.41. The summed E-state index contributed by atoms with van der Waals surface area (Å²) in [5, 5.41) is 2.91. The first-order chi connectivity index (χ1) is 13.4. The average molecular weight is 390 g/mol. The maximum atomic E-state index is 13.0. The number of nitrogens with zero attached hydrogens (tertiary/aromatic N) is 3. The van der Waals surface area contributed by atoms with Crippen LogP contribution in [0.25, 0.3) is 0 Å². The molecule has 1 atom stereocenters. The first-order valence-electron chi connectivity index (χ1n) is 9.79. The maximum absolute atomic E-state index is 13.0. The van der Waals surface area contributed by atoms with E-state index in [4.69, 9.17) is 0 Å². The summed E-state index contributed by atoms with van der Waals surface area (Å²) < 4.78 is 13.0. The van der Waals surface area contributed by atoms with E-state index in [1.165, 1.54) is 12.1 Å². The van der Waals surface area contributed by atoms with E-state index >= 15 is 0 Å². The predicted octanol–water partition coefficient (Wildman–Crippen LogP) is 0.770. The molecule has 2 saturated heterocycles. The molecule has 1 aromatic rings. The number of carbonyl (C=O) groups excluding carboxylic acids is 3. The molecule has 8 heteroatoms. The van der Waals surface area contributed by atoms with Crippen molar-refractivity contribution in [1.82, 2.24) is 20.0 Å². The second kappa shape index (κ2) is 9.14. The Kier molecular flexibility index (Phi) is 6.61. The third-order valence-corrected chi connectivity index (χ3v) is 5.35. The van der Waals surface area contributed by atoms with Crippen LogP contribution in [-0.2, 0) is 14.4 Å². The zero-order valence-electron chi connectivity index (χ0n) is 16.2. The summed E-state index contributed by atoms with van der Waals surface area (Å²) in [6.45, 7) is 5.40. The number of likely N-dealkylation sites (tertiary alicyclic amines) is 1. The van der Waals surface area contributed by atoms with E-state index in [9.17, 15) is 18.8 Å². The van der Waals surface area contributed by atoms with Crippen molar-refractivity contribution in [3.63, 3.8) is 0 Å². The Morgan fingerprint density at radius 2 is 1.46 bits per heavy atom. The van der Waals surface area contributed by atoms with E-state index in [0.717, 1.165) is 18.4 Å². The fourth-order valence-electron chi connectivity index (χ4n) is 3.62. The molecule has 152 valence electrons. The third-order valence-electron chi connectivity index (χ3n) is 5.35. The van der Waals surface area contributed by atoms with Gasteiger partial charge < -0.3 is 15.1 Å². The number of hydrogen-bond donors (Lipinski definition) is 1. The number of carbonyl (C=O) groups is 3. The number of nitrogens with one attached hydrogen (secondary N) is 1.